The van der Waals surface area contributed by atoms with Crippen LogP contribution >= 0.6 is 11.8 Å². The Morgan fingerprint density at radius 2 is 1.96 bits per heavy atom. The van der Waals surface area contributed by atoms with Gasteiger partial charge in [-0.05, 0) is 31.0 Å². The fourth-order valence-electron chi connectivity index (χ4n) is 2.49. The van der Waals surface area contributed by atoms with Crippen LogP contribution in [-0.4, -0.2) is 34.3 Å². The van der Waals surface area contributed by atoms with Crippen LogP contribution in [0.5, 0.6) is 0 Å². The summed E-state index contributed by atoms with van der Waals surface area (Å²) in [5.41, 5.74) is 2.51. The Kier molecular flexibility index (Phi) is 6.49. The maximum Gasteiger partial charge on any atom is 0.277 e. The minimum atomic E-state index is -0.303. The van der Waals surface area contributed by atoms with Gasteiger partial charge >= 0.3 is 0 Å². The van der Waals surface area contributed by atoms with E-state index in [9.17, 15) is 9.59 Å². The molecule has 2 N–H and O–H groups in total. The standard InChI is InChI=1S/C19H20N4O4S/c1-3-13-6-4-5-7-15(13)21-16(24)10-20-17(25)11-28-19-23-22-18(27-19)14-8-9-26-12(14)2/h4-9H,3,10-11H2,1-2H3,(H,20,25)(H,21,24). The molecule has 0 aliphatic carbocycles. The Bertz CT molecular complexity index is 966. The lowest BCUT2D eigenvalue weighted by atomic mass is 10.1. The van der Waals surface area contributed by atoms with Crippen molar-refractivity contribution in [1.29, 1.82) is 0 Å². The average Bonchev–Trinajstić information content (AvgIpc) is 3.33. The first-order chi connectivity index (χ1) is 13.6. The molecule has 0 saturated heterocycles. The fraction of sp³-hybridized carbons (Fsp3) is 0.263. The second-order valence-electron chi connectivity index (χ2n) is 5.89. The van der Waals surface area contributed by atoms with Crippen molar-refractivity contribution >= 4 is 29.3 Å². The summed E-state index contributed by atoms with van der Waals surface area (Å²) in [6.45, 7) is 3.70. The van der Waals surface area contributed by atoms with Gasteiger partial charge in [0, 0.05) is 5.69 Å². The van der Waals surface area contributed by atoms with Gasteiger partial charge in [-0.25, -0.2) is 0 Å². The van der Waals surface area contributed by atoms with E-state index in [1.165, 1.54) is 0 Å². The molecule has 0 bridgehead atoms. The highest BCUT2D eigenvalue weighted by Crippen LogP contribution is 2.26. The van der Waals surface area contributed by atoms with E-state index in [-0.39, 0.29) is 29.3 Å². The summed E-state index contributed by atoms with van der Waals surface area (Å²) in [4.78, 5) is 24.0. The van der Waals surface area contributed by atoms with Crippen molar-refractivity contribution in [3.63, 3.8) is 0 Å². The van der Waals surface area contributed by atoms with Crippen molar-refractivity contribution < 1.29 is 18.4 Å². The molecular formula is C19H20N4O4S. The molecule has 3 aromatic rings. The first-order valence-electron chi connectivity index (χ1n) is 8.72. The molecule has 0 radical (unpaired) electrons. The number of carbonyl (C=O) groups excluding carboxylic acids is 2. The van der Waals surface area contributed by atoms with Crippen LogP contribution in [0, 0.1) is 6.92 Å². The van der Waals surface area contributed by atoms with Crippen LogP contribution in [0.3, 0.4) is 0 Å². The van der Waals surface area contributed by atoms with Gasteiger partial charge in [0.1, 0.15) is 5.76 Å². The quantitative estimate of drug-likeness (QED) is 0.559. The van der Waals surface area contributed by atoms with Gasteiger partial charge in [0.25, 0.3) is 11.1 Å². The number of aromatic nitrogens is 2. The topological polar surface area (TPSA) is 110 Å². The Labute approximate surface area is 166 Å². The number of nitrogens with one attached hydrogen (secondary N) is 2. The maximum atomic E-state index is 12.0. The van der Waals surface area contributed by atoms with Crippen molar-refractivity contribution in [2.24, 2.45) is 0 Å². The third-order valence-electron chi connectivity index (χ3n) is 3.94. The number of anilines is 1. The van der Waals surface area contributed by atoms with E-state index in [0.717, 1.165) is 29.4 Å². The molecule has 2 amide bonds. The van der Waals surface area contributed by atoms with Crippen molar-refractivity contribution in [3.05, 3.63) is 47.9 Å². The van der Waals surface area contributed by atoms with Crippen LogP contribution in [0.2, 0.25) is 0 Å². The SMILES string of the molecule is CCc1ccccc1NC(=O)CNC(=O)CSc1nnc(-c2ccoc2C)o1. The van der Waals surface area contributed by atoms with Gasteiger partial charge in [0.15, 0.2) is 0 Å². The molecule has 8 nitrogen and oxygen atoms in total. The highest BCUT2D eigenvalue weighted by molar-refractivity contribution is 7.99. The maximum absolute atomic E-state index is 12.0. The Morgan fingerprint density at radius 3 is 2.71 bits per heavy atom. The number of hydrogen-bond acceptors (Lipinski definition) is 7. The van der Waals surface area contributed by atoms with E-state index in [1.807, 2.05) is 31.2 Å². The third kappa shape index (κ3) is 5.01. The van der Waals surface area contributed by atoms with E-state index in [4.69, 9.17) is 8.83 Å². The molecule has 0 aliphatic heterocycles. The van der Waals surface area contributed by atoms with Gasteiger partial charge in [-0.3, -0.25) is 9.59 Å². The van der Waals surface area contributed by atoms with Gasteiger partial charge in [0.2, 0.25) is 11.8 Å². The van der Waals surface area contributed by atoms with Gasteiger partial charge in [0.05, 0.1) is 24.1 Å². The molecular weight excluding hydrogens is 380 g/mol. The van der Waals surface area contributed by atoms with Crippen LogP contribution in [-0.2, 0) is 16.0 Å². The molecule has 0 aliphatic rings. The number of furan rings is 1. The first kappa shape index (κ1) is 19.7. The predicted molar refractivity (Wildman–Crippen MR) is 105 cm³/mol. The van der Waals surface area contributed by atoms with E-state index < -0.39 is 0 Å². The molecule has 2 heterocycles. The van der Waals surface area contributed by atoms with Crippen molar-refractivity contribution in [1.82, 2.24) is 15.5 Å². The molecule has 0 atom stereocenters. The molecule has 0 unspecified atom stereocenters. The lowest BCUT2D eigenvalue weighted by Crippen LogP contribution is -2.34. The molecule has 146 valence electrons. The van der Waals surface area contributed by atoms with Crippen LogP contribution in [0.25, 0.3) is 11.5 Å². The van der Waals surface area contributed by atoms with Crippen LogP contribution in [0.1, 0.15) is 18.2 Å². The lowest BCUT2D eigenvalue weighted by molar-refractivity contribution is -0.122. The van der Waals surface area contributed by atoms with E-state index in [2.05, 4.69) is 20.8 Å². The van der Waals surface area contributed by atoms with Gasteiger partial charge in [-0.15, -0.1) is 10.2 Å². The summed E-state index contributed by atoms with van der Waals surface area (Å²) in [5.74, 6) is 0.486. The summed E-state index contributed by atoms with van der Waals surface area (Å²) < 4.78 is 10.7. The van der Waals surface area contributed by atoms with Crippen molar-refractivity contribution in [2.45, 2.75) is 25.5 Å². The summed E-state index contributed by atoms with van der Waals surface area (Å²) in [6, 6.07) is 9.30. The van der Waals surface area contributed by atoms with E-state index >= 15 is 0 Å². The molecule has 3 rings (SSSR count). The van der Waals surface area contributed by atoms with Crippen molar-refractivity contribution in [3.8, 4) is 11.5 Å². The van der Waals surface area contributed by atoms with Crippen LogP contribution in [0.4, 0.5) is 5.69 Å². The third-order valence-corrected chi connectivity index (χ3v) is 4.76. The summed E-state index contributed by atoms with van der Waals surface area (Å²) >= 11 is 1.10. The van der Waals surface area contributed by atoms with Gasteiger partial charge in [-0.1, -0.05) is 36.9 Å². The monoisotopic (exact) mass is 400 g/mol. The number of rotatable bonds is 8. The number of nitrogens with zero attached hydrogens (tertiary/aromatic N) is 2. The van der Waals surface area contributed by atoms with E-state index in [1.54, 1.807) is 19.3 Å². The fourth-order valence-corrected chi connectivity index (χ4v) is 3.08. The number of hydrogen-bond donors (Lipinski definition) is 2. The summed E-state index contributed by atoms with van der Waals surface area (Å²) in [5, 5.41) is 13.5. The highest BCUT2D eigenvalue weighted by Gasteiger charge is 2.15. The number of thioether (sulfide) groups is 1. The second kappa shape index (κ2) is 9.23. The Hall–Kier alpha value is -3.07. The molecule has 28 heavy (non-hydrogen) atoms. The Morgan fingerprint density at radius 1 is 1.14 bits per heavy atom. The number of para-hydroxylation sites is 1. The molecule has 0 fully saturated rings. The zero-order valence-electron chi connectivity index (χ0n) is 15.5. The normalized spacial score (nSPS) is 10.6. The number of amides is 2. The zero-order chi connectivity index (χ0) is 19.9. The summed E-state index contributed by atoms with van der Waals surface area (Å²) in [6.07, 6.45) is 2.35. The minimum Gasteiger partial charge on any atom is -0.469 e. The molecule has 1 aromatic carbocycles. The average molecular weight is 400 g/mol. The van der Waals surface area contributed by atoms with Crippen molar-refractivity contribution in [2.75, 3.05) is 17.6 Å². The largest absolute Gasteiger partial charge is 0.469 e. The first-order valence-corrected chi connectivity index (χ1v) is 9.70. The van der Waals surface area contributed by atoms with E-state index in [0.29, 0.717) is 17.2 Å². The lowest BCUT2D eigenvalue weighted by Gasteiger charge is -2.10. The number of carbonyl (C=O) groups is 2. The highest BCUT2D eigenvalue weighted by atomic mass is 32.2. The molecule has 0 spiro atoms. The predicted octanol–water partition coefficient (Wildman–Crippen LogP) is 3.05. The summed E-state index contributed by atoms with van der Waals surface area (Å²) in [7, 11) is 0. The minimum absolute atomic E-state index is 0.0603. The number of aryl methyl sites for hydroxylation is 2. The molecule has 2 aromatic heterocycles. The van der Waals surface area contributed by atoms with Crippen LogP contribution in [0.15, 0.2) is 50.7 Å². The smallest absolute Gasteiger partial charge is 0.277 e. The molecule has 0 saturated carbocycles. The zero-order valence-corrected chi connectivity index (χ0v) is 16.3. The van der Waals surface area contributed by atoms with Crippen LogP contribution < -0.4 is 10.6 Å². The Balaban J connectivity index is 1.44. The van der Waals surface area contributed by atoms with Gasteiger partial charge < -0.3 is 19.5 Å². The second-order valence-corrected chi connectivity index (χ2v) is 6.81. The van der Waals surface area contributed by atoms with Gasteiger partial charge in [-0.2, -0.15) is 0 Å². The number of benzene rings is 1. The molecule has 9 heteroatoms.